The molecule has 1 aliphatic rings. The number of quaternary nitrogens is 1. The summed E-state index contributed by atoms with van der Waals surface area (Å²) in [5.41, 5.74) is 1.11. The minimum absolute atomic E-state index is 0.186. The van der Waals surface area contributed by atoms with Gasteiger partial charge < -0.3 is 9.64 Å². The molecule has 1 fully saturated rings. The maximum absolute atomic E-state index is 11.5. The van der Waals surface area contributed by atoms with Crippen molar-refractivity contribution >= 4 is 6.09 Å². The Kier molecular flexibility index (Phi) is 4.52. The fourth-order valence-corrected chi connectivity index (χ4v) is 2.16. The third kappa shape index (κ3) is 3.43. The molecule has 18 heavy (non-hydrogen) atoms. The first kappa shape index (κ1) is 12.8. The molecule has 1 amide bonds. The fourth-order valence-electron chi connectivity index (χ4n) is 2.16. The quantitative estimate of drug-likeness (QED) is 0.817. The molecule has 0 aliphatic carbocycles. The summed E-state index contributed by atoms with van der Waals surface area (Å²) < 4.78 is 5.00. The van der Waals surface area contributed by atoms with E-state index in [9.17, 15) is 4.79 Å². The van der Waals surface area contributed by atoms with Gasteiger partial charge in [0.1, 0.15) is 6.54 Å². The number of ether oxygens (including phenoxy) is 1. The summed E-state index contributed by atoms with van der Waals surface area (Å²) in [4.78, 5) is 19.1. The molecular formula is C13H20N3O2+. The number of carbonyl (C=O) groups is 1. The van der Waals surface area contributed by atoms with Gasteiger partial charge in [-0.15, -0.1) is 0 Å². The van der Waals surface area contributed by atoms with Crippen LogP contribution >= 0.6 is 0 Å². The second-order valence-electron chi connectivity index (χ2n) is 4.43. The zero-order chi connectivity index (χ0) is 12.8. The number of nitrogens with zero attached hydrogens (tertiary/aromatic N) is 2. The van der Waals surface area contributed by atoms with Crippen LogP contribution in [0, 0.1) is 0 Å². The molecule has 1 N–H and O–H groups in total. The highest BCUT2D eigenvalue weighted by Gasteiger charge is 2.24. The van der Waals surface area contributed by atoms with Crippen molar-refractivity contribution in [3.63, 3.8) is 0 Å². The number of hydrogen-bond donors (Lipinski definition) is 1. The molecule has 1 aromatic rings. The minimum Gasteiger partial charge on any atom is -0.450 e. The lowest BCUT2D eigenvalue weighted by atomic mass is 10.3. The predicted molar refractivity (Wildman–Crippen MR) is 67.2 cm³/mol. The van der Waals surface area contributed by atoms with Crippen LogP contribution in [0.3, 0.4) is 0 Å². The molecule has 0 spiro atoms. The van der Waals surface area contributed by atoms with Crippen LogP contribution in [0.15, 0.2) is 24.4 Å². The highest BCUT2D eigenvalue weighted by molar-refractivity contribution is 5.67. The zero-order valence-corrected chi connectivity index (χ0v) is 10.8. The van der Waals surface area contributed by atoms with Crippen LogP contribution < -0.4 is 4.90 Å². The average Bonchev–Trinajstić information content (AvgIpc) is 2.41. The third-order valence-corrected chi connectivity index (χ3v) is 3.15. The largest absolute Gasteiger partial charge is 0.450 e. The van der Waals surface area contributed by atoms with Crippen LogP contribution in [0.25, 0.3) is 0 Å². The predicted octanol–water partition coefficient (Wildman–Crippen LogP) is -0.0614. The number of hydrogen-bond acceptors (Lipinski definition) is 3. The Morgan fingerprint density at radius 3 is 2.83 bits per heavy atom. The maximum atomic E-state index is 11.5. The third-order valence-electron chi connectivity index (χ3n) is 3.15. The van der Waals surface area contributed by atoms with Crippen LogP contribution in [0.2, 0.25) is 0 Å². The SMILES string of the molecule is CCOC(=O)N1CC[NH+](Cc2ccccn2)CC1. The number of carbonyl (C=O) groups excluding carboxylic acids is 1. The van der Waals surface area contributed by atoms with Gasteiger partial charge in [0.25, 0.3) is 0 Å². The monoisotopic (exact) mass is 250 g/mol. The van der Waals surface area contributed by atoms with Gasteiger partial charge in [0.2, 0.25) is 0 Å². The molecule has 1 aromatic heterocycles. The summed E-state index contributed by atoms with van der Waals surface area (Å²) >= 11 is 0. The van der Waals surface area contributed by atoms with Crippen molar-refractivity contribution in [1.29, 1.82) is 0 Å². The average molecular weight is 250 g/mol. The first-order valence-electron chi connectivity index (χ1n) is 6.44. The number of pyridine rings is 1. The molecule has 2 heterocycles. The van der Waals surface area contributed by atoms with Crippen LogP contribution in [0.4, 0.5) is 4.79 Å². The summed E-state index contributed by atoms with van der Waals surface area (Å²) in [6.07, 6.45) is 1.64. The Hall–Kier alpha value is -1.62. The number of aromatic nitrogens is 1. The van der Waals surface area contributed by atoms with Crippen molar-refractivity contribution < 1.29 is 14.4 Å². The lowest BCUT2D eigenvalue weighted by Gasteiger charge is -2.31. The van der Waals surface area contributed by atoms with E-state index in [0.717, 1.165) is 38.4 Å². The standard InChI is InChI=1S/C13H19N3O2/c1-2-18-13(17)16-9-7-15(8-10-16)11-12-5-3-4-6-14-12/h3-6H,2,7-11H2,1H3/p+1. The van der Waals surface area contributed by atoms with E-state index in [1.54, 1.807) is 4.90 Å². The first-order chi connectivity index (χ1) is 8.79. The van der Waals surface area contributed by atoms with Crippen LogP contribution in [0.1, 0.15) is 12.6 Å². The highest BCUT2D eigenvalue weighted by atomic mass is 16.6. The van der Waals surface area contributed by atoms with Gasteiger partial charge in [-0.05, 0) is 19.1 Å². The molecule has 0 aromatic carbocycles. The van der Waals surface area contributed by atoms with Gasteiger partial charge in [-0.3, -0.25) is 9.88 Å². The zero-order valence-electron chi connectivity index (χ0n) is 10.8. The molecular weight excluding hydrogens is 230 g/mol. The van der Waals surface area contributed by atoms with Gasteiger partial charge in [0, 0.05) is 6.20 Å². The second-order valence-corrected chi connectivity index (χ2v) is 4.43. The minimum atomic E-state index is -0.186. The van der Waals surface area contributed by atoms with Crippen LogP contribution in [0.5, 0.6) is 0 Å². The Balaban J connectivity index is 1.78. The van der Waals surface area contributed by atoms with Gasteiger partial charge >= 0.3 is 6.09 Å². The molecule has 98 valence electrons. The van der Waals surface area contributed by atoms with Gasteiger partial charge in [-0.1, -0.05) is 6.07 Å². The van der Waals surface area contributed by atoms with E-state index in [2.05, 4.69) is 4.98 Å². The van der Waals surface area contributed by atoms with Crippen molar-refractivity contribution in [2.75, 3.05) is 32.8 Å². The van der Waals surface area contributed by atoms with Gasteiger partial charge in [0.15, 0.2) is 0 Å². The Morgan fingerprint density at radius 2 is 2.22 bits per heavy atom. The van der Waals surface area contributed by atoms with Crippen molar-refractivity contribution in [1.82, 2.24) is 9.88 Å². The summed E-state index contributed by atoms with van der Waals surface area (Å²) in [5.74, 6) is 0. The van der Waals surface area contributed by atoms with Gasteiger partial charge in [-0.25, -0.2) is 4.79 Å². The molecule has 5 nitrogen and oxygen atoms in total. The highest BCUT2D eigenvalue weighted by Crippen LogP contribution is 1.96. The lowest BCUT2D eigenvalue weighted by Crippen LogP contribution is -3.13. The number of rotatable bonds is 3. The summed E-state index contributed by atoms with van der Waals surface area (Å²) in [6, 6.07) is 5.99. The van der Waals surface area contributed by atoms with E-state index in [0.29, 0.717) is 6.61 Å². The van der Waals surface area contributed by atoms with E-state index in [1.165, 1.54) is 4.90 Å². The molecule has 2 rings (SSSR count). The topological polar surface area (TPSA) is 46.9 Å². The van der Waals surface area contributed by atoms with E-state index in [-0.39, 0.29) is 6.09 Å². The molecule has 1 saturated heterocycles. The van der Waals surface area contributed by atoms with Gasteiger partial charge in [0.05, 0.1) is 38.5 Å². The molecule has 0 unspecified atom stereocenters. The van der Waals surface area contributed by atoms with E-state index in [1.807, 2.05) is 31.3 Å². The van der Waals surface area contributed by atoms with E-state index < -0.39 is 0 Å². The molecule has 0 bridgehead atoms. The summed E-state index contributed by atoms with van der Waals surface area (Å²) in [6.45, 7) is 6.64. The summed E-state index contributed by atoms with van der Waals surface area (Å²) in [7, 11) is 0. The lowest BCUT2D eigenvalue weighted by molar-refractivity contribution is -0.918. The molecule has 0 atom stereocenters. The molecule has 0 radical (unpaired) electrons. The van der Waals surface area contributed by atoms with Crippen LogP contribution in [-0.2, 0) is 11.3 Å². The number of piperazine rings is 1. The van der Waals surface area contributed by atoms with Crippen LogP contribution in [-0.4, -0.2) is 48.8 Å². The van der Waals surface area contributed by atoms with Crippen molar-refractivity contribution in [3.05, 3.63) is 30.1 Å². The first-order valence-corrected chi connectivity index (χ1v) is 6.44. The summed E-state index contributed by atoms with van der Waals surface area (Å²) in [5, 5.41) is 0. The maximum Gasteiger partial charge on any atom is 0.410 e. The van der Waals surface area contributed by atoms with Crippen molar-refractivity contribution in [2.24, 2.45) is 0 Å². The van der Waals surface area contributed by atoms with Crippen molar-refractivity contribution in [2.45, 2.75) is 13.5 Å². The Bertz CT molecular complexity index is 375. The number of nitrogens with one attached hydrogen (secondary N) is 1. The van der Waals surface area contributed by atoms with Gasteiger partial charge in [-0.2, -0.15) is 0 Å². The normalized spacial score (nSPS) is 16.6. The molecule has 0 saturated carbocycles. The molecule has 1 aliphatic heterocycles. The fraction of sp³-hybridized carbons (Fsp3) is 0.538. The molecule has 5 heteroatoms. The van der Waals surface area contributed by atoms with Crippen molar-refractivity contribution in [3.8, 4) is 0 Å². The Labute approximate surface area is 107 Å². The number of amides is 1. The Morgan fingerprint density at radius 1 is 1.44 bits per heavy atom. The second kappa shape index (κ2) is 6.35. The smallest absolute Gasteiger partial charge is 0.410 e. The van der Waals surface area contributed by atoms with E-state index >= 15 is 0 Å². The van der Waals surface area contributed by atoms with E-state index in [4.69, 9.17) is 4.74 Å².